The van der Waals surface area contributed by atoms with E-state index in [1.165, 1.54) is 0 Å². The normalized spacial score (nSPS) is 24.5. The van der Waals surface area contributed by atoms with Crippen LogP contribution < -0.4 is 0 Å². The lowest BCUT2D eigenvalue weighted by atomic mass is 9.70. The zero-order valence-electron chi connectivity index (χ0n) is 28.4. The molecule has 0 bridgehead atoms. The van der Waals surface area contributed by atoms with E-state index >= 15 is 0 Å². The van der Waals surface area contributed by atoms with E-state index in [0.29, 0.717) is 12.0 Å². The second kappa shape index (κ2) is 15.9. The molecule has 2 aliphatic rings. The van der Waals surface area contributed by atoms with Gasteiger partial charge in [-0.3, -0.25) is 9.59 Å². The fraction of sp³-hybridized carbons (Fsp3) is 0.400. The molecule has 4 nitrogen and oxygen atoms in total. The third kappa shape index (κ3) is 10.2. The van der Waals surface area contributed by atoms with Crippen molar-refractivity contribution in [2.75, 3.05) is 0 Å². The third-order valence-electron chi connectivity index (χ3n) is 8.53. The first kappa shape index (κ1) is 36.6. The monoisotopic (exact) mass is 596 g/mol. The van der Waals surface area contributed by atoms with E-state index in [2.05, 4.69) is 39.0 Å². The Bertz CT molecular complexity index is 1450. The van der Waals surface area contributed by atoms with Crippen LogP contribution in [0.25, 0.3) is 0 Å². The number of ketones is 2. The van der Waals surface area contributed by atoms with Crippen molar-refractivity contribution in [2.45, 2.75) is 94.3 Å². The van der Waals surface area contributed by atoms with Crippen LogP contribution in [0.2, 0.25) is 0 Å². The summed E-state index contributed by atoms with van der Waals surface area (Å²) in [5, 5.41) is 20.4. The minimum atomic E-state index is -0.907. The van der Waals surface area contributed by atoms with Gasteiger partial charge in [0.05, 0.1) is 6.10 Å². The van der Waals surface area contributed by atoms with E-state index in [9.17, 15) is 19.8 Å². The summed E-state index contributed by atoms with van der Waals surface area (Å²) in [6.07, 6.45) is 27.4. The molecule has 2 aliphatic carbocycles. The highest BCUT2D eigenvalue weighted by atomic mass is 16.3. The second-order valence-corrected chi connectivity index (χ2v) is 13.3. The molecule has 4 heteroatoms. The summed E-state index contributed by atoms with van der Waals surface area (Å²) in [6, 6.07) is 0. The van der Waals surface area contributed by atoms with Crippen molar-refractivity contribution >= 4 is 11.6 Å². The quantitative estimate of drug-likeness (QED) is 0.247. The largest absolute Gasteiger partial charge is 0.392 e. The second-order valence-electron chi connectivity index (χ2n) is 13.3. The summed E-state index contributed by atoms with van der Waals surface area (Å²) in [4.78, 5) is 24.4. The van der Waals surface area contributed by atoms with Crippen molar-refractivity contribution in [1.82, 2.24) is 0 Å². The molecule has 0 radical (unpaired) electrons. The molecule has 0 saturated heterocycles. The average molecular weight is 597 g/mol. The maximum atomic E-state index is 12.2. The van der Waals surface area contributed by atoms with Crippen LogP contribution >= 0.6 is 0 Å². The zero-order chi connectivity index (χ0) is 33.2. The molecule has 0 saturated carbocycles. The summed E-state index contributed by atoms with van der Waals surface area (Å²) in [5.41, 5.74) is 6.92. The first-order chi connectivity index (χ1) is 20.5. The molecule has 0 amide bonds. The highest BCUT2D eigenvalue weighted by molar-refractivity contribution is 6.00. The Balaban J connectivity index is 1.95. The standard InChI is InChI=1S/C40H52O4/c1-27(17-13-19-29(3)21-23-33-32(6)38(44)36(42)26-39(33,7)8)15-11-12-16-28(2)18-14-20-30(4)22-24-34-31(5)35(41)25-37(43)40(34,9)10/h11-24,36-37,42-43H,25-26H2,1-10H3/b12-11+,17-13+,18-14+,23-21+,24-22+,27-15+,28-16+,29-19+,30-20+. The van der Waals surface area contributed by atoms with Crippen molar-refractivity contribution in [1.29, 1.82) is 0 Å². The zero-order valence-corrected chi connectivity index (χ0v) is 28.4. The topological polar surface area (TPSA) is 74.6 Å². The van der Waals surface area contributed by atoms with Crippen LogP contribution in [-0.2, 0) is 9.59 Å². The van der Waals surface area contributed by atoms with Gasteiger partial charge in [-0.2, -0.15) is 0 Å². The van der Waals surface area contributed by atoms with Crippen molar-refractivity contribution in [3.05, 3.63) is 130 Å². The molecule has 2 N–H and O–H groups in total. The minimum absolute atomic E-state index is 0.0127. The minimum Gasteiger partial charge on any atom is -0.392 e. The van der Waals surface area contributed by atoms with E-state index < -0.39 is 17.6 Å². The van der Waals surface area contributed by atoms with E-state index in [0.717, 1.165) is 39.0 Å². The van der Waals surface area contributed by atoms with Gasteiger partial charge in [-0.1, -0.05) is 135 Å². The summed E-state index contributed by atoms with van der Waals surface area (Å²) in [7, 11) is 0. The molecular weight excluding hydrogens is 544 g/mol. The lowest BCUT2D eigenvalue weighted by molar-refractivity contribution is -0.125. The molecule has 236 valence electrons. The maximum Gasteiger partial charge on any atom is 0.187 e. The molecule has 2 unspecified atom stereocenters. The average Bonchev–Trinajstić information content (AvgIpc) is 2.92. The Hall–Kier alpha value is -3.60. The van der Waals surface area contributed by atoms with Crippen LogP contribution in [0.4, 0.5) is 0 Å². The molecule has 0 spiro atoms. The highest BCUT2D eigenvalue weighted by Crippen LogP contribution is 2.40. The molecular formula is C40H52O4. The number of aliphatic hydroxyl groups is 2. The van der Waals surface area contributed by atoms with Crippen LogP contribution in [0.15, 0.2) is 130 Å². The third-order valence-corrected chi connectivity index (χ3v) is 8.53. The predicted molar refractivity (Wildman–Crippen MR) is 185 cm³/mol. The van der Waals surface area contributed by atoms with Crippen molar-refractivity contribution in [2.24, 2.45) is 10.8 Å². The molecule has 0 aromatic heterocycles. The Morgan fingerprint density at radius 2 is 1.09 bits per heavy atom. The van der Waals surface area contributed by atoms with Crippen LogP contribution in [0.1, 0.15) is 82.1 Å². The van der Waals surface area contributed by atoms with Gasteiger partial charge in [0.1, 0.15) is 6.10 Å². The van der Waals surface area contributed by atoms with Gasteiger partial charge in [0.15, 0.2) is 11.6 Å². The predicted octanol–water partition coefficient (Wildman–Crippen LogP) is 8.91. The van der Waals surface area contributed by atoms with Gasteiger partial charge >= 0.3 is 0 Å². The van der Waals surface area contributed by atoms with Crippen LogP contribution in [0.5, 0.6) is 0 Å². The smallest absolute Gasteiger partial charge is 0.187 e. The molecule has 0 heterocycles. The molecule has 2 rings (SSSR count). The number of carbonyl (C=O) groups is 2. The number of hydrogen-bond donors (Lipinski definition) is 2. The van der Waals surface area contributed by atoms with Gasteiger partial charge in [0.25, 0.3) is 0 Å². The molecule has 0 aliphatic heterocycles. The number of hydrogen-bond acceptors (Lipinski definition) is 4. The van der Waals surface area contributed by atoms with Gasteiger partial charge in [0, 0.05) is 11.8 Å². The summed E-state index contributed by atoms with van der Waals surface area (Å²) in [5.74, 6) is -0.163. The number of Topliss-reactive ketones (excluding diaryl/α,β-unsaturated/α-hetero) is 2. The van der Waals surface area contributed by atoms with E-state index in [4.69, 9.17) is 0 Å². The van der Waals surface area contributed by atoms with Crippen molar-refractivity contribution < 1.29 is 19.8 Å². The summed E-state index contributed by atoms with van der Waals surface area (Å²) >= 11 is 0. The van der Waals surface area contributed by atoms with Crippen molar-refractivity contribution in [3.8, 4) is 0 Å². The maximum absolute atomic E-state index is 12.2. The van der Waals surface area contributed by atoms with E-state index in [1.807, 2.05) is 108 Å². The Labute approximate surface area is 265 Å². The van der Waals surface area contributed by atoms with Gasteiger partial charge in [-0.15, -0.1) is 0 Å². The van der Waals surface area contributed by atoms with Gasteiger partial charge in [0.2, 0.25) is 0 Å². The van der Waals surface area contributed by atoms with Gasteiger partial charge in [-0.05, 0) is 75.7 Å². The highest BCUT2D eigenvalue weighted by Gasteiger charge is 2.39. The lowest BCUT2D eigenvalue weighted by Gasteiger charge is -2.36. The molecule has 0 fully saturated rings. The van der Waals surface area contributed by atoms with E-state index in [1.54, 1.807) is 6.92 Å². The fourth-order valence-corrected chi connectivity index (χ4v) is 5.43. The first-order valence-corrected chi connectivity index (χ1v) is 15.4. The van der Waals surface area contributed by atoms with Crippen LogP contribution in [0, 0.1) is 10.8 Å². The van der Waals surface area contributed by atoms with Gasteiger partial charge < -0.3 is 10.2 Å². The van der Waals surface area contributed by atoms with E-state index in [-0.39, 0.29) is 23.4 Å². The Kier molecular flexibility index (Phi) is 13.2. The molecule has 44 heavy (non-hydrogen) atoms. The first-order valence-electron chi connectivity index (χ1n) is 15.4. The number of rotatable bonds is 10. The number of carbonyl (C=O) groups excluding carboxylic acids is 2. The Morgan fingerprint density at radius 3 is 1.59 bits per heavy atom. The van der Waals surface area contributed by atoms with Gasteiger partial charge in [-0.25, -0.2) is 0 Å². The molecule has 0 aromatic rings. The SMILES string of the molecule is CC1=C(/C=C/C(C)=C/C=C/C(C)=C/C=C/C=C(C)/C=C/C=C(C)/C=C/C2=C(C)C(=O)CC(O)C2(C)C)C(C)(C)CC(O)C1=O. The number of aliphatic hydroxyl groups excluding tert-OH is 2. The summed E-state index contributed by atoms with van der Waals surface area (Å²) in [6.45, 7) is 19.9. The van der Waals surface area contributed by atoms with Crippen molar-refractivity contribution in [3.63, 3.8) is 0 Å². The molecule has 2 atom stereocenters. The fourth-order valence-electron chi connectivity index (χ4n) is 5.43. The van der Waals surface area contributed by atoms with Crippen LogP contribution in [0.3, 0.4) is 0 Å². The molecule has 0 aromatic carbocycles. The Morgan fingerprint density at radius 1 is 0.659 bits per heavy atom. The lowest BCUT2D eigenvalue weighted by Crippen LogP contribution is -2.38. The van der Waals surface area contributed by atoms with Crippen LogP contribution in [-0.4, -0.2) is 34.0 Å². The number of allylic oxidation sites excluding steroid dienone is 20. The summed E-state index contributed by atoms with van der Waals surface area (Å²) < 4.78 is 0.